The third kappa shape index (κ3) is 5.58. The first-order valence-electron chi connectivity index (χ1n) is 10.6. The Bertz CT molecular complexity index is 887. The predicted molar refractivity (Wildman–Crippen MR) is 120 cm³/mol. The highest BCUT2D eigenvalue weighted by Crippen LogP contribution is 2.30. The van der Waals surface area contributed by atoms with Gasteiger partial charge >= 0.3 is 5.97 Å². The lowest BCUT2D eigenvalue weighted by Gasteiger charge is -2.23. The molecule has 0 saturated carbocycles. The maximum atomic E-state index is 12.5. The number of benzene rings is 1. The molecule has 0 bridgehead atoms. The van der Waals surface area contributed by atoms with Crippen LogP contribution < -0.4 is 4.90 Å². The van der Waals surface area contributed by atoms with Crippen molar-refractivity contribution in [1.29, 1.82) is 0 Å². The fourth-order valence-corrected chi connectivity index (χ4v) is 4.60. The molecule has 1 fully saturated rings. The van der Waals surface area contributed by atoms with Gasteiger partial charge < -0.3 is 15.1 Å². The second-order valence-corrected chi connectivity index (χ2v) is 8.84. The third-order valence-corrected chi connectivity index (χ3v) is 6.54. The van der Waals surface area contributed by atoms with E-state index in [1.807, 2.05) is 47.4 Å². The van der Waals surface area contributed by atoms with Crippen LogP contribution in [0.15, 0.2) is 48.6 Å². The number of thiophene rings is 1. The van der Waals surface area contributed by atoms with Gasteiger partial charge in [0.1, 0.15) is 4.88 Å². The smallest absolute Gasteiger partial charge is 0.345 e. The van der Waals surface area contributed by atoms with Crippen LogP contribution in [0.3, 0.4) is 0 Å². The average Bonchev–Trinajstić information content (AvgIpc) is 3.35. The summed E-state index contributed by atoms with van der Waals surface area (Å²) in [6.45, 7) is 2.15. The van der Waals surface area contributed by atoms with Gasteiger partial charge in [0.15, 0.2) is 0 Å². The molecular formula is C24H29NO4S. The van der Waals surface area contributed by atoms with Crippen LogP contribution in [0, 0.1) is 0 Å². The fourth-order valence-electron chi connectivity index (χ4n) is 3.78. The van der Waals surface area contributed by atoms with Crippen LogP contribution in [-0.4, -0.2) is 28.1 Å². The predicted octanol–water partition coefficient (Wildman–Crippen LogP) is 5.35. The molecule has 30 heavy (non-hydrogen) atoms. The number of aliphatic hydroxyl groups excluding tert-OH is 1. The van der Waals surface area contributed by atoms with Crippen molar-refractivity contribution in [3.63, 3.8) is 0 Å². The number of amides is 1. The second-order valence-electron chi connectivity index (χ2n) is 7.68. The lowest BCUT2D eigenvalue weighted by atomic mass is 10.0. The van der Waals surface area contributed by atoms with Crippen molar-refractivity contribution in [2.45, 2.75) is 64.0 Å². The molecule has 1 aliphatic rings. The van der Waals surface area contributed by atoms with Crippen molar-refractivity contribution < 1.29 is 19.8 Å². The molecule has 2 heterocycles. The minimum atomic E-state index is -0.901. The number of unbranched alkanes of at least 4 members (excludes halogenated alkanes) is 2. The van der Waals surface area contributed by atoms with Gasteiger partial charge in [0.05, 0.1) is 12.1 Å². The normalized spacial score (nSPS) is 17.7. The van der Waals surface area contributed by atoms with Crippen LogP contribution in [0.5, 0.6) is 0 Å². The van der Waals surface area contributed by atoms with Gasteiger partial charge in [0.2, 0.25) is 5.91 Å². The number of allylic oxidation sites excluding steroid dienone is 1. The number of carbonyl (C=O) groups excluding carboxylic acids is 1. The van der Waals surface area contributed by atoms with Gasteiger partial charge in [-0.05, 0) is 49.1 Å². The van der Waals surface area contributed by atoms with E-state index < -0.39 is 12.1 Å². The molecule has 1 aromatic heterocycles. The number of carbonyl (C=O) groups is 2. The number of aliphatic hydroxyl groups is 1. The highest BCUT2D eigenvalue weighted by molar-refractivity contribution is 7.13. The number of rotatable bonds is 10. The summed E-state index contributed by atoms with van der Waals surface area (Å²) >= 11 is 1.28. The quantitative estimate of drug-likeness (QED) is 0.395. The van der Waals surface area contributed by atoms with Crippen LogP contribution in [-0.2, 0) is 11.2 Å². The largest absolute Gasteiger partial charge is 0.477 e. The van der Waals surface area contributed by atoms with E-state index in [1.54, 1.807) is 6.07 Å². The molecule has 5 nitrogen and oxygen atoms in total. The topological polar surface area (TPSA) is 77.8 Å². The van der Waals surface area contributed by atoms with Crippen LogP contribution in [0.4, 0.5) is 5.69 Å². The molecule has 1 aliphatic heterocycles. The van der Waals surface area contributed by atoms with E-state index in [-0.39, 0.29) is 11.9 Å². The number of nitrogens with zero attached hydrogens (tertiary/aromatic N) is 1. The highest BCUT2D eigenvalue weighted by atomic mass is 32.1. The number of carboxylic acid groups (broad SMARTS) is 1. The third-order valence-electron chi connectivity index (χ3n) is 5.44. The van der Waals surface area contributed by atoms with Crippen molar-refractivity contribution in [1.82, 2.24) is 0 Å². The van der Waals surface area contributed by atoms with Gasteiger partial charge in [-0.25, -0.2) is 4.79 Å². The summed E-state index contributed by atoms with van der Waals surface area (Å²) in [6, 6.07) is 11.1. The van der Waals surface area contributed by atoms with Gasteiger partial charge in [-0.15, -0.1) is 11.3 Å². The van der Waals surface area contributed by atoms with Crippen molar-refractivity contribution in [2.24, 2.45) is 0 Å². The van der Waals surface area contributed by atoms with Gasteiger partial charge in [-0.2, -0.15) is 0 Å². The van der Waals surface area contributed by atoms with E-state index in [1.165, 1.54) is 11.3 Å². The molecule has 3 rings (SSSR count). The summed E-state index contributed by atoms with van der Waals surface area (Å²) in [6.07, 6.45) is 9.54. The van der Waals surface area contributed by atoms with E-state index in [0.717, 1.165) is 48.2 Å². The SMILES string of the molecule is CCCCCC(O)c1ccc(N2C(=O)CCC2C=CCc2ccc(C(=O)O)s2)cc1. The van der Waals surface area contributed by atoms with Crippen LogP contribution in [0.25, 0.3) is 0 Å². The van der Waals surface area contributed by atoms with E-state index in [0.29, 0.717) is 17.7 Å². The summed E-state index contributed by atoms with van der Waals surface area (Å²) in [7, 11) is 0. The van der Waals surface area contributed by atoms with E-state index >= 15 is 0 Å². The van der Waals surface area contributed by atoms with Crippen molar-refractivity contribution in [3.05, 3.63) is 63.9 Å². The molecular weight excluding hydrogens is 398 g/mol. The summed E-state index contributed by atoms with van der Waals surface area (Å²) in [5.41, 5.74) is 1.74. The summed E-state index contributed by atoms with van der Waals surface area (Å²) in [5.74, 6) is -0.799. The molecule has 1 amide bonds. The molecule has 160 valence electrons. The van der Waals surface area contributed by atoms with Gasteiger partial charge in [-0.1, -0.05) is 50.5 Å². The number of hydrogen-bond acceptors (Lipinski definition) is 4. The molecule has 2 atom stereocenters. The molecule has 2 aromatic rings. The Kier molecular flexibility index (Phi) is 7.82. The maximum Gasteiger partial charge on any atom is 0.345 e. The van der Waals surface area contributed by atoms with Crippen molar-refractivity contribution >= 4 is 28.9 Å². The Morgan fingerprint density at radius 3 is 2.67 bits per heavy atom. The maximum absolute atomic E-state index is 12.5. The minimum absolute atomic E-state index is 0.00302. The standard InChI is InChI=1S/C24H29NO4S/c1-2-3-4-8-21(26)17-9-11-19(12-10-17)25-18(13-16-23(25)27)6-5-7-20-14-15-22(30-20)24(28)29/h5-6,9-12,14-15,18,21,26H,2-4,7-8,13,16H2,1H3,(H,28,29). The zero-order chi connectivity index (χ0) is 21.5. The van der Waals surface area contributed by atoms with Crippen molar-refractivity contribution in [2.75, 3.05) is 4.90 Å². The lowest BCUT2D eigenvalue weighted by molar-refractivity contribution is -0.117. The minimum Gasteiger partial charge on any atom is -0.477 e. The van der Waals surface area contributed by atoms with E-state index in [4.69, 9.17) is 5.11 Å². The molecule has 0 aliphatic carbocycles. The van der Waals surface area contributed by atoms with Crippen molar-refractivity contribution in [3.8, 4) is 0 Å². The molecule has 0 spiro atoms. The Morgan fingerprint density at radius 2 is 2.00 bits per heavy atom. The van der Waals surface area contributed by atoms with Crippen LogP contribution in [0.1, 0.15) is 71.7 Å². The van der Waals surface area contributed by atoms with Crippen LogP contribution >= 0.6 is 11.3 Å². The molecule has 0 radical (unpaired) electrons. The Hall–Kier alpha value is -2.44. The molecule has 2 unspecified atom stereocenters. The summed E-state index contributed by atoms with van der Waals surface area (Å²) < 4.78 is 0. The molecule has 1 aromatic carbocycles. The van der Waals surface area contributed by atoms with Gasteiger partial charge in [0, 0.05) is 17.0 Å². The lowest BCUT2D eigenvalue weighted by Crippen LogP contribution is -2.31. The second kappa shape index (κ2) is 10.5. The highest BCUT2D eigenvalue weighted by Gasteiger charge is 2.30. The monoisotopic (exact) mass is 427 g/mol. The van der Waals surface area contributed by atoms with E-state index in [9.17, 15) is 14.7 Å². The average molecular weight is 428 g/mol. The summed E-state index contributed by atoms with van der Waals surface area (Å²) in [5, 5.41) is 19.4. The molecule has 6 heteroatoms. The first-order chi connectivity index (χ1) is 14.5. The number of aromatic carboxylic acids is 1. The number of hydrogen-bond donors (Lipinski definition) is 2. The zero-order valence-corrected chi connectivity index (χ0v) is 18.1. The number of anilines is 1. The van der Waals surface area contributed by atoms with Gasteiger partial charge in [0.25, 0.3) is 0 Å². The van der Waals surface area contributed by atoms with Gasteiger partial charge in [-0.3, -0.25) is 4.79 Å². The Balaban J connectivity index is 1.63. The zero-order valence-electron chi connectivity index (χ0n) is 17.3. The van der Waals surface area contributed by atoms with E-state index in [2.05, 4.69) is 6.92 Å². The number of carboxylic acids is 1. The van der Waals surface area contributed by atoms with Crippen LogP contribution in [0.2, 0.25) is 0 Å². The Morgan fingerprint density at radius 1 is 1.23 bits per heavy atom. The Labute approximate surface area is 181 Å². The molecule has 1 saturated heterocycles. The first-order valence-corrected chi connectivity index (χ1v) is 11.4. The molecule has 2 N–H and O–H groups in total. The fraction of sp³-hybridized carbons (Fsp3) is 0.417. The summed E-state index contributed by atoms with van der Waals surface area (Å²) in [4.78, 5) is 26.6. The first kappa shape index (κ1) is 22.2.